The molecule has 0 radical (unpaired) electrons. The first kappa shape index (κ1) is 8.45. The summed E-state index contributed by atoms with van der Waals surface area (Å²) in [6.45, 7) is 4.30. The number of hydrogen-bond donors (Lipinski definition) is 0. The molecule has 2 aliphatic rings. The van der Waals surface area contributed by atoms with Gasteiger partial charge in [0.1, 0.15) is 6.17 Å². The second kappa shape index (κ2) is 3.30. The van der Waals surface area contributed by atoms with Crippen LogP contribution in [0.25, 0.3) is 0 Å². The van der Waals surface area contributed by atoms with Crippen LogP contribution in [0.3, 0.4) is 0 Å². The number of alkyl halides is 1. The van der Waals surface area contributed by atoms with Gasteiger partial charge in [0.05, 0.1) is 0 Å². The largest absolute Gasteiger partial charge is 0.303 e. The fourth-order valence-electron chi connectivity index (χ4n) is 2.13. The van der Waals surface area contributed by atoms with E-state index in [0.717, 1.165) is 32.0 Å². The average Bonchev–Trinajstić information content (AvgIpc) is 2.01. The monoisotopic (exact) mass is 172 g/mol. The summed E-state index contributed by atoms with van der Waals surface area (Å²) in [5, 5.41) is 0. The molecule has 0 saturated carbocycles. The molecule has 0 bridgehead atoms. The first-order valence-electron chi connectivity index (χ1n) is 4.82. The normalized spacial score (nSPS) is 30.5. The van der Waals surface area contributed by atoms with Crippen molar-refractivity contribution in [2.24, 2.45) is 0 Å². The van der Waals surface area contributed by atoms with E-state index in [4.69, 9.17) is 0 Å². The van der Waals surface area contributed by atoms with Gasteiger partial charge in [0.2, 0.25) is 0 Å². The standard InChI is InChI=1S/C9H17FN2/c1-11-6-9(7-11)12-4-2-8(10)3-5-12/h8-9H,2-7H2,1H3. The Kier molecular flexibility index (Phi) is 2.33. The Morgan fingerprint density at radius 3 is 2.25 bits per heavy atom. The number of nitrogens with zero attached hydrogens (tertiary/aromatic N) is 2. The molecule has 0 unspecified atom stereocenters. The van der Waals surface area contributed by atoms with Crippen LogP contribution in [0.2, 0.25) is 0 Å². The molecule has 2 heterocycles. The van der Waals surface area contributed by atoms with Crippen LogP contribution in [0.15, 0.2) is 0 Å². The summed E-state index contributed by atoms with van der Waals surface area (Å²) < 4.78 is 12.8. The highest BCUT2D eigenvalue weighted by atomic mass is 19.1. The fourth-order valence-corrected chi connectivity index (χ4v) is 2.13. The molecule has 3 heteroatoms. The molecular weight excluding hydrogens is 155 g/mol. The summed E-state index contributed by atoms with van der Waals surface area (Å²) in [6.07, 6.45) is 0.972. The maximum Gasteiger partial charge on any atom is 0.103 e. The van der Waals surface area contributed by atoms with Gasteiger partial charge < -0.3 is 4.90 Å². The van der Waals surface area contributed by atoms with Crippen molar-refractivity contribution in [3.63, 3.8) is 0 Å². The average molecular weight is 172 g/mol. The van der Waals surface area contributed by atoms with E-state index in [-0.39, 0.29) is 0 Å². The molecule has 0 amide bonds. The molecule has 70 valence electrons. The summed E-state index contributed by atoms with van der Waals surface area (Å²) in [4.78, 5) is 4.75. The van der Waals surface area contributed by atoms with Crippen LogP contribution >= 0.6 is 0 Å². The van der Waals surface area contributed by atoms with Crippen LogP contribution in [-0.4, -0.2) is 55.2 Å². The smallest absolute Gasteiger partial charge is 0.103 e. The molecule has 0 aliphatic carbocycles. The van der Waals surface area contributed by atoms with E-state index in [2.05, 4.69) is 16.8 Å². The summed E-state index contributed by atoms with van der Waals surface area (Å²) in [6, 6.07) is 0.725. The molecule has 2 nitrogen and oxygen atoms in total. The van der Waals surface area contributed by atoms with Crippen LogP contribution in [0.4, 0.5) is 4.39 Å². The third kappa shape index (κ3) is 1.62. The first-order chi connectivity index (χ1) is 5.75. The van der Waals surface area contributed by atoms with Crippen molar-refractivity contribution in [2.45, 2.75) is 25.1 Å². The van der Waals surface area contributed by atoms with Crippen molar-refractivity contribution in [1.82, 2.24) is 9.80 Å². The van der Waals surface area contributed by atoms with Crippen LogP contribution in [0.5, 0.6) is 0 Å². The Morgan fingerprint density at radius 1 is 1.17 bits per heavy atom. The number of rotatable bonds is 1. The lowest BCUT2D eigenvalue weighted by molar-refractivity contribution is 0.0240. The lowest BCUT2D eigenvalue weighted by Gasteiger charge is -2.45. The summed E-state index contributed by atoms with van der Waals surface area (Å²) >= 11 is 0. The Hall–Kier alpha value is -0.150. The van der Waals surface area contributed by atoms with Crippen molar-refractivity contribution in [3.8, 4) is 0 Å². The number of hydrogen-bond acceptors (Lipinski definition) is 2. The van der Waals surface area contributed by atoms with Crippen LogP contribution in [0.1, 0.15) is 12.8 Å². The molecule has 0 atom stereocenters. The summed E-state index contributed by atoms with van der Waals surface area (Å²) in [7, 11) is 2.14. The molecule has 0 aromatic rings. The molecule has 2 rings (SSSR count). The Morgan fingerprint density at radius 2 is 1.75 bits per heavy atom. The van der Waals surface area contributed by atoms with Crippen molar-refractivity contribution >= 4 is 0 Å². The van der Waals surface area contributed by atoms with Gasteiger partial charge >= 0.3 is 0 Å². The zero-order chi connectivity index (χ0) is 8.55. The molecule has 2 fully saturated rings. The van der Waals surface area contributed by atoms with Gasteiger partial charge in [0.25, 0.3) is 0 Å². The summed E-state index contributed by atoms with van der Waals surface area (Å²) in [5.41, 5.74) is 0. The van der Waals surface area contributed by atoms with Crippen molar-refractivity contribution in [1.29, 1.82) is 0 Å². The highest BCUT2D eigenvalue weighted by molar-refractivity contribution is 4.88. The predicted molar refractivity (Wildman–Crippen MR) is 47.0 cm³/mol. The number of piperidine rings is 1. The molecule has 0 spiro atoms. The highest BCUT2D eigenvalue weighted by Crippen LogP contribution is 2.19. The van der Waals surface area contributed by atoms with E-state index in [1.165, 1.54) is 13.1 Å². The maximum absolute atomic E-state index is 12.8. The highest BCUT2D eigenvalue weighted by Gasteiger charge is 2.31. The van der Waals surface area contributed by atoms with Gasteiger partial charge in [-0.1, -0.05) is 0 Å². The third-order valence-electron chi connectivity index (χ3n) is 3.02. The lowest BCUT2D eigenvalue weighted by atomic mass is 10.0. The maximum atomic E-state index is 12.8. The van der Waals surface area contributed by atoms with Gasteiger partial charge in [-0.05, 0) is 19.9 Å². The van der Waals surface area contributed by atoms with E-state index in [1.807, 2.05) is 0 Å². The zero-order valence-electron chi connectivity index (χ0n) is 7.67. The fraction of sp³-hybridized carbons (Fsp3) is 1.00. The van der Waals surface area contributed by atoms with E-state index in [9.17, 15) is 4.39 Å². The molecule has 0 aromatic heterocycles. The Balaban J connectivity index is 1.75. The van der Waals surface area contributed by atoms with Gasteiger partial charge in [0, 0.05) is 32.2 Å². The topological polar surface area (TPSA) is 6.48 Å². The van der Waals surface area contributed by atoms with E-state index in [1.54, 1.807) is 0 Å². The zero-order valence-corrected chi connectivity index (χ0v) is 7.67. The second-order valence-electron chi connectivity index (χ2n) is 4.09. The van der Waals surface area contributed by atoms with Gasteiger partial charge in [-0.3, -0.25) is 4.90 Å². The molecule has 0 N–H and O–H groups in total. The first-order valence-corrected chi connectivity index (χ1v) is 4.82. The van der Waals surface area contributed by atoms with Crippen LogP contribution in [-0.2, 0) is 0 Å². The van der Waals surface area contributed by atoms with Crippen LogP contribution in [0, 0.1) is 0 Å². The van der Waals surface area contributed by atoms with Gasteiger partial charge in [-0.25, -0.2) is 4.39 Å². The van der Waals surface area contributed by atoms with Crippen LogP contribution < -0.4 is 0 Å². The van der Waals surface area contributed by atoms with Crippen molar-refractivity contribution < 1.29 is 4.39 Å². The minimum absolute atomic E-state index is 0.529. The van der Waals surface area contributed by atoms with Crippen molar-refractivity contribution in [2.75, 3.05) is 33.2 Å². The molecule has 2 saturated heterocycles. The Bertz CT molecular complexity index is 149. The molecular formula is C9H17FN2. The van der Waals surface area contributed by atoms with E-state index in [0.29, 0.717) is 0 Å². The third-order valence-corrected chi connectivity index (χ3v) is 3.02. The van der Waals surface area contributed by atoms with E-state index < -0.39 is 6.17 Å². The predicted octanol–water partition coefficient (Wildman–Crippen LogP) is 0.734. The van der Waals surface area contributed by atoms with E-state index >= 15 is 0 Å². The van der Waals surface area contributed by atoms with Crippen molar-refractivity contribution in [3.05, 3.63) is 0 Å². The minimum Gasteiger partial charge on any atom is -0.303 e. The summed E-state index contributed by atoms with van der Waals surface area (Å²) in [5.74, 6) is 0. The lowest BCUT2D eigenvalue weighted by Crippen LogP contribution is -2.59. The van der Waals surface area contributed by atoms with Gasteiger partial charge in [0.15, 0.2) is 0 Å². The second-order valence-corrected chi connectivity index (χ2v) is 4.09. The number of likely N-dealkylation sites (tertiary alicyclic amines) is 2. The quantitative estimate of drug-likeness (QED) is 0.575. The number of likely N-dealkylation sites (N-methyl/N-ethyl adjacent to an activating group) is 1. The molecule has 2 aliphatic heterocycles. The molecule has 12 heavy (non-hydrogen) atoms. The minimum atomic E-state index is -0.529. The number of halogens is 1. The Labute approximate surface area is 73.3 Å². The SMILES string of the molecule is CN1CC(N2CCC(F)CC2)C1. The van der Waals surface area contributed by atoms with Gasteiger partial charge in [-0.15, -0.1) is 0 Å². The molecule has 0 aromatic carbocycles. The van der Waals surface area contributed by atoms with Gasteiger partial charge in [-0.2, -0.15) is 0 Å².